The number of nitrogens with one attached hydrogen (secondary N) is 1. The van der Waals surface area contributed by atoms with Crippen molar-refractivity contribution >= 4 is 11.9 Å². The topological polar surface area (TPSA) is 58.6 Å². The lowest BCUT2D eigenvalue weighted by Gasteiger charge is -2.35. The van der Waals surface area contributed by atoms with E-state index >= 15 is 0 Å². The Bertz CT molecular complexity index is 546. The molecule has 0 spiro atoms. The highest BCUT2D eigenvalue weighted by molar-refractivity contribution is 5.87. The van der Waals surface area contributed by atoms with Crippen molar-refractivity contribution in [1.29, 1.82) is 0 Å². The van der Waals surface area contributed by atoms with Gasteiger partial charge in [0.15, 0.2) is 0 Å². The number of hydrogen-bond acceptors (Lipinski definition) is 4. The van der Waals surface area contributed by atoms with E-state index in [1.165, 1.54) is 19.2 Å². The van der Waals surface area contributed by atoms with Gasteiger partial charge >= 0.3 is 5.97 Å². The quantitative estimate of drug-likeness (QED) is 0.555. The summed E-state index contributed by atoms with van der Waals surface area (Å²) in [7, 11) is 5.01. The van der Waals surface area contributed by atoms with Crippen molar-refractivity contribution in [2.24, 2.45) is 0 Å². The van der Waals surface area contributed by atoms with Crippen molar-refractivity contribution in [2.45, 2.75) is 38.1 Å². The number of nitrogens with zero attached hydrogens (tertiary/aromatic N) is 1. The van der Waals surface area contributed by atoms with Gasteiger partial charge in [0, 0.05) is 13.0 Å². The van der Waals surface area contributed by atoms with E-state index in [4.69, 9.17) is 0 Å². The SMILES string of the molecule is COC(=O)CCCCCNC(=O)C(C)(c1ccc(F)cc1)N(C)C. The van der Waals surface area contributed by atoms with Crippen molar-refractivity contribution < 1.29 is 18.7 Å². The molecule has 5 nitrogen and oxygen atoms in total. The summed E-state index contributed by atoms with van der Waals surface area (Å²) in [6.07, 6.45) is 2.77. The molecule has 1 amide bonds. The first-order valence-corrected chi connectivity index (χ1v) is 8.11. The second-order valence-corrected chi connectivity index (χ2v) is 6.12. The first kappa shape index (κ1) is 20.1. The molecule has 0 heterocycles. The Hall–Kier alpha value is -1.95. The van der Waals surface area contributed by atoms with E-state index in [9.17, 15) is 14.0 Å². The molecule has 0 aliphatic rings. The van der Waals surface area contributed by atoms with Gasteiger partial charge < -0.3 is 10.1 Å². The highest BCUT2D eigenvalue weighted by Crippen LogP contribution is 2.26. The second-order valence-electron chi connectivity index (χ2n) is 6.12. The average Bonchev–Trinajstić information content (AvgIpc) is 2.57. The number of hydrogen-bond donors (Lipinski definition) is 1. The fourth-order valence-electron chi connectivity index (χ4n) is 2.41. The van der Waals surface area contributed by atoms with E-state index in [2.05, 4.69) is 10.1 Å². The number of ether oxygens (including phenoxy) is 1. The monoisotopic (exact) mass is 338 g/mol. The van der Waals surface area contributed by atoms with Crippen molar-refractivity contribution in [2.75, 3.05) is 27.7 Å². The highest BCUT2D eigenvalue weighted by Gasteiger charge is 2.37. The van der Waals surface area contributed by atoms with Crippen LogP contribution in [0, 0.1) is 5.82 Å². The summed E-state index contributed by atoms with van der Waals surface area (Å²) in [6, 6.07) is 5.98. The summed E-state index contributed by atoms with van der Waals surface area (Å²) in [5.41, 5.74) is -0.142. The Balaban J connectivity index is 2.55. The third kappa shape index (κ3) is 5.30. The Labute approximate surface area is 143 Å². The van der Waals surface area contributed by atoms with Gasteiger partial charge in [0.25, 0.3) is 0 Å². The van der Waals surface area contributed by atoms with Crippen LogP contribution < -0.4 is 5.32 Å². The molecule has 0 saturated heterocycles. The molecule has 1 N–H and O–H groups in total. The van der Waals surface area contributed by atoms with E-state index in [0.29, 0.717) is 13.0 Å². The molecule has 1 aromatic rings. The number of amides is 1. The zero-order valence-corrected chi connectivity index (χ0v) is 14.9. The van der Waals surface area contributed by atoms with Gasteiger partial charge in [-0.05, 0) is 51.6 Å². The molecule has 0 bridgehead atoms. The number of carbonyl (C=O) groups is 2. The van der Waals surface area contributed by atoms with Gasteiger partial charge in [-0.2, -0.15) is 0 Å². The number of halogens is 1. The van der Waals surface area contributed by atoms with Gasteiger partial charge in [-0.3, -0.25) is 14.5 Å². The molecule has 1 aromatic carbocycles. The van der Waals surface area contributed by atoms with Crippen molar-refractivity contribution in [3.63, 3.8) is 0 Å². The number of carbonyl (C=O) groups excluding carboxylic acids is 2. The summed E-state index contributed by atoms with van der Waals surface area (Å²) in [5, 5.41) is 2.93. The highest BCUT2D eigenvalue weighted by atomic mass is 19.1. The second kappa shape index (κ2) is 9.37. The zero-order chi connectivity index (χ0) is 18.2. The maximum atomic E-state index is 13.1. The third-order valence-corrected chi connectivity index (χ3v) is 4.31. The summed E-state index contributed by atoms with van der Waals surface area (Å²) in [5.74, 6) is -0.673. The largest absolute Gasteiger partial charge is 0.469 e. The summed E-state index contributed by atoms with van der Waals surface area (Å²) < 4.78 is 17.7. The molecule has 0 saturated carbocycles. The molecular formula is C18H27FN2O3. The van der Waals surface area contributed by atoms with Crippen molar-refractivity contribution in [3.05, 3.63) is 35.6 Å². The van der Waals surface area contributed by atoms with Gasteiger partial charge in [-0.15, -0.1) is 0 Å². The Morgan fingerprint density at radius 2 is 1.79 bits per heavy atom. The third-order valence-electron chi connectivity index (χ3n) is 4.31. The fourth-order valence-corrected chi connectivity index (χ4v) is 2.41. The molecule has 0 aliphatic carbocycles. The maximum Gasteiger partial charge on any atom is 0.305 e. The molecule has 1 rings (SSSR count). The van der Waals surface area contributed by atoms with E-state index in [1.54, 1.807) is 12.1 Å². The Morgan fingerprint density at radius 1 is 1.17 bits per heavy atom. The first-order valence-electron chi connectivity index (χ1n) is 8.11. The van der Waals surface area contributed by atoms with Crippen molar-refractivity contribution in [1.82, 2.24) is 10.2 Å². The molecule has 24 heavy (non-hydrogen) atoms. The Kier molecular flexibility index (Phi) is 7.85. The number of unbranched alkanes of at least 4 members (excludes halogenated alkanes) is 2. The maximum absolute atomic E-state index is 13.1. The van der Waals surface area contributed by atoms with Gasteiger partial charge in [0.2, 0.25) is 5.91 Å². The number of rotatable bonds is 9. The van der Waals surface area contributed by atoms with Crippen molar-refractivity contribution in [3.8, 4) is 0 Å². The molecule has 6 heteroatoms. The van der Waals surface area contributed by atoms with Crippen LogP contribution in [-0.2, 0) is 19.9 Å². The molecular weight excluding hydrogens is 311 g/mol. The van der Waals surface area contributed by atoms with Crippen LogP contribution >= 0.6 is 0 Å². The van der Waals surface area contributed by atoms with E-state index < -0.39 is 5.54 Å². The van der Waals surface area contributed by atoms with Crippen LogP contribution in [-0.4, -0.2) is 44.5 Å². The normalized spacial score (nSPS) is 13.4. The van der Waals surface area contributed by atoms with Gasteiger partial charge in [0.05, 0.1) is 7.11 Å². The smallest absolute Gasteiger partial charge is 0.305 e. The van der Waals surface area contributed by atoms with Crippen LogP contribution in [0.25, 0.3) is 0 Å². The first-order chi connectivity index (χ1) is 11.3. The van der Waals surface area contributed by atoms with Crippen LogP contribution in [0.15, 0.2) is 24.3 Å². The number of likely N-dealkylation sites (N-methyl/N-ethyl adjacent to an activating group) is 1. The van der Waals surface area contributed by atoms with Crippen LogP contribution in [0.5, 0.6) is 0 Å². The van der Waals surface area contributed by atoms with Crippen LogP contribution in [0.4, 0.5) is 4.39 Å². The molecule has 134 valence electrons. The molecule has 1 atom stereocenters. The van der Waals surface area contributed by atoms with E-state index in [0.717, 1.165) is 24.8 Å². The number of methoxy groups -OCH3 is 1. The minimum Gasteiger partial charge on any atom is -0.469 e. The Morgan fingerprint density at radius 3 is 2.33 bits per heavy atom. The summed E-state index contributed by atoms with van der Waals surface area (Å²) in [4.78, 5) is 25.5. The predicted octanol–water partition coefficient (Wildman–Crippen LogP) is 2.45. The molecule has 0 aliphatic heterocycles. The summed E-state index contributed by atoms with van der Waals surface area (Å²) in [6.45, 7) is 2.34. The fraction of sp³-hybridized carbons (Fsp3) is 0.556. The molecule has 1 unspecified atom stereocenters. The van der Waals surface area contributed by atoms with Crippen LogP contribution in [0.1, 0.15) is 38.2 Å². The van der Waals surface area contributed by atoms with Gasteiger partial charge in [-0.1, -0.05) is 18.6 Å². The number of benzene rings is 1. The van der Waals surface area contributed by atoms with Gasteiger partial charge in [0.1, 0.15) is 11.4 Å². The van der Waals surface area contributed by atoms with E-state index in [1.807, 2.05) is 25.9 Å². The summed E-state index contributed by atoms with van der Waals surface area (Å²) >= 11 is 0. The predicted molar refractivity (Wildman–Crippen MR) is 90.9 cm³/mol. The lowest BCUT2D eigenvalue weighted by Crippen LogP contribution is -2.51. The molecule has 0 fully saturated rings. The van der Waals surface area contributed by atoms with E-state index in [-0.39, 0.29) is 17.7 Å². The van der Waals surface area contributed by atoms with Gasteiger partial charge in [-0.25, -0.2) is 4.39 Å². The number of esters is 1. The lowest BCUT2D eigenvalue weighted by atomic mass is 9.89. The standard InChI is InChI=1S/C18H27FN2O3/c1-18(21(2)3,14-9-11-15(19)12-10-14)17(23)20-13-7-5-6-8-16(22)24-4/h9-12H,5-8,13H2,1-4H3,(H,20,23). The molecule has 0 aromatic heterocycles. The average molecular weight is 338 g/mol. The van der Waals surface area contributed by atoms with Crippen LogP contribution in [0.2, 0.25) is 0 Å². The minimum absolute atomic E-state index is 0.132. The minimum atomic E-state index is -0.875. The van der Waals surface area contributed by atoms with Crippen LogP contribution in [0.3, 0.4) is 0 Å². The lowest BCUT2D eigenvalue weighted by molar-refractivity contribution is -0.140. The zero-order valence-electron chi connectivity index (χ0n) is 14.9. The molecule has 0 radical (unpaired) electrons.